The molecule has 0 aromatic heterocycles. The van der Waals surface area contributed by atoms with Crippen molar-refractivity contribution in [3.05, 3.63) is 35.9 Å². The molecule has 80 valence electrons. The maximum Gasteiger partial charge on any atom is 0.410 e. The van der Waals surface area contributed by atoms with E-state index < -0.39 is 0 Å². The van der Waals surface area contributed by atoms with Crippen molar-refractivity contribution in [1.82, 2.24) is 4.90 Å². The fourth-order valence-corrected chi connectivity index (χ4v) is 1.56. The van der Waals surface area contributed by atoms with Crippen molar-refractivity contribution in [2.24, 2.45) is 0 Å². The van der Waals surface area contributed by atoms with Crippen molar-refractivity contribution in [3.63, 3.8) is 0 Å². The minimum atomic E-state index is -0.189. The summed E-state index contributed by atoms with van der Waals surface area (Å²) in [4.78, 5) is 13.2. The molecule has 0 aliphatic carbocycles. The van der Waals surface area contributed by atoms with Gasteiger partial charge in [-0.05, 0) is 12.0 Å². The first-order chi connectivity index (χ1) is 7.31. The van der Waals surface area contributed by atoms with Gasteiger partial charge in [-0.1, -0.05) is 37.3 Å². The molecular weight excluding hydrogens is 190 g/mol. The van der Waals surface area contributed by atoms with Crippen LogP contribution in [-0.4, -0.2) is 23.6 Å². The Hall–Kier alpha value is -1.51. The Morgan fingerprint density at radius 3 is 2.80 bits per heavy atom. The van der Waals surface area contributed by atoms with E-state index in [0.717, 1.165) is 18.5 Å². The van der Waals surface area contributed by atoms with Crippen LogP contribution in [0.3, 0.4) is 0 Å². The topological polar surface area (TPSA) is 29.3 Å². The number of carbonyl (C=O) groups is 1. The Bertz CT molecular complexity index is 337. The van der Waals surface area contributed by atoms with Crippen LogP contribution < -0.4 is 0 Å². The Balaban J connectivity index is 1.77. The summed E-state index contributed by atoms with van der Waals surface area (Å²) in [5.74, 6) is 0. The zero-order valence-electron chi connectivity index (χ0n) is 8.85. The third kappa shape index (κ3) is 2.49. The van der Waals surface area contributed by atoms with E-state index in [2.05, 4.69) is 6.92 Å². The lowest BCUT2D eigenvalue weighted by atomic mass is 10.2. The summed E-state index contributed by atoms with van der Waals surface area (Å²) < 4.78 is 5.17. The molecule has 0 saturated carbocycles. The zero-order chi connectivity index (χ0) is 10.7. The van der Waals surface area contributed by atoms with Crippen molar-refractivity contribution in [2.75, 3.05) is 6.54 Å². The van der Waals surface area contributed by atoms with Gasteiger partial charge in [-0.15, -0.1) is 0 Å². The fraction of sp³-hybridized carbons (Fsp3) is 0.417. The van der Waals surface area contributed by atoms with Crippen LogP contribution in [0.5, 0.6) is 0 Å². The molecule has 0 bridgehead atoms. The Labute approximate surface area is 89.7 Å². The standard InChI is InChI=1S/C12H15NO2/c1-2-11-8-13(11)12(14)15-9-10-6-4-3-5-7-10/h3-7,11H,2,8-9H2,1H3. The van der Waals surface area contributed by atoms with Crippen molar-refractivity contribution in [3.8, 4) is 0 Å². The van der Waals surface area contributed by atoms with E-state index in [1.807, 2.05) is 30.3 Å². The molecule has 0 N–H and O–H groups in total. The Kier molecular flexibility index (Phi) is 2.90. The van der Waals surface area contributed by atoms with Gasteiger partial charge in [0.25, 0.3) is 0 Å². The van der Waals surface area contributed by atoms with Crippen LogP contribution in [0.4, 0.5) is 4.79 Å². The van der Waals surface area contributed by atoms with Crippen molar-refractivity contribution >= 4 is 6.09 Å². The predicted molar refractivity (Wildman–Crippen MR) is 57.4 cm³/mol. The maximum absolute atomic E-state index is 11.5. The number of nitrogens with zero attached hydrogens (tertiary/aromatic N) is 1. The van der Waals surface area contributed by atoms with Crippen LogP contribution in [0.2, 0.25) is 0 Å². The van der Waals surface area contributed by atoms with Crippen LogP contribution in [-0.2, 0) is 11.3 Å². The molecular formula is C12H15NO2. The predicted octanol–water partition coefficient (Wildman–Crippen LogP) is 2.42. The molecule has 15 heavy (non-hydrogen) atoms. The molecule has 2 rings (SSSR count). The average Bonchev–Trinajstić information content (AvgIpc) is 3.06. The molecule has 0 radical (unpaired) electrons. The van der Waals surface area contributed by atoms with E-state index in [1.165, 1.54) is 0 Å². The van der Waals surface area contributed by atoms with Crippen LogP contribution >= 0.6 is 0 Å². The molecule has 0 spiro atoms. The van der Waals surface area contributed by atoms with Gasteiger partial charge in [0.05, 0.1) is 6.04 Å². The third-order valence-electron chi connectivity index (χ3n) is 2.63. The molecule has 1 saturated heterocycles. The first-order valence-corrected chi connectivity index (χ1v) is 5.28. The van der Waals surface area contributed by atoms with Crippen molar-refractivity contribution in [1.29, 1.82) is 0 Å². The van der Waals surface area contributed by atoms with Crippen LogP contribution in [0.25, 0.3) is 0 Å². The van der Waals surface area contributed by atoms with Gasteiger partial charge in [-0.3, -0.25) is 0 Å². The first kappa shape index (κ1) is 10.0. The fourth-order valence-electron chi connectivity index (χ4n) is 1.56. The highest BCUT2D eigenvalue weighted by atomic mass is 16.6. The lowest BCUT2D eigenvalue weighted by Crippen LogP contribution is -2.14. The van der Waals surface area contributed by atoms with Gasteiger partial charge in [0.1, 0.15) is 6.61 Å². The normalized spacial score (nSPS) is 18.7. The second-order valence-corrected chi connectivity index (χ2v) is 3.75. The molecule has 1 unspecified atom stereocenters. The van der Waals surface area contributed by atoms with E-state index in [4.69, 9.17) is 4.74 Å². The first-order valence-electron chi connectivity index (χ1n) is 5.28. The number of ether oxygens (including phenoxy) is 1. The van der Waals surface area contributed by atoms with Crippen molar-refractivity contribution in [2.45, 2.75) is 26.0 Å². The van der Waals surface area contributed by atoms with E-state index >= 15 is 0 Å². The lowest BCUT2D eigenvalue weighted by Gasteiger charge is -2.05. The highest BCUT2D eigenvalue weighted by molar-refractivity contribution is 5.70. The van der Waals surface area contributed by atoms with Gasteiger partial charge in [-0.25, -0.2) is 4.79 Å². The highest BCUT2D eigenvalue weighted by Crippen LogP contribution is 2.21. The monoisotopic (exact) mass is 205 g/mol. The van der Waals surface area contributed by atoms with Gasteiger partial charge >= 0.3 is 6.09 Å². The van der Waals surface area contributed by atoms with E-state index in [1.54, 1.807) is 4.90 Å². The Morgan fingerprint density at radius 2 is 2.20 bits per heavy atom. The summed E-state index contributed by atoms with van der Waals surface area (Å²) in [6.45, 7) is 3.30. The molecule has 1 aliphatic rings. The van der Waals surface area contributed by atoms with Crippen LogP contribution in [0.1, 0.15) is 18.9 Å². The quantitative estimate of drug-likeness (QED) is 0.709. The number of hydrogen-bond donors (Lipinski definition) is 0. The number of amides is 1. The molecule has 3 heteroatoms. The summed E-state index contributed by atoms with van der Waals surface area (Å²) in [7, 11) is 0. The molecule has 1 heterocycles. The largest absolute Gasteiger partial charge is 0.445 e. The molecule has 1 aromatic carbocycles. The van der Waals surface area contributed by atoms with Gasteiger partial charge in [0.2, 0.25) is 0 Å². The summed E-state index contributed by atoms with van der Waals surface area (Å²) in [6, 6.07) is 10.1. The second-order valence-electron chi connectivity index (χ2n) is 3.75. The summed E-state index contributed by atoms with van der Waals surface area (Å²) in [6.07, 6.45) is 0.825. The molecule has 1 fully saturated rings. The molecule has 1 aliphatic heterocycles. The highest BCUT2D eigenvalue weighted by Gasteiger charge is 2.37. The van der Waals surface area contributed by atoms with Gasteiger partial charge in [0.15, 0.2) is 0 Å². The third-order valence-corrected chi connectivity index (χ3v) is 2.63. The number of rotatable bonds is 3. The van der Waals surface area contributed by atoms with Gasteiger partial charge in [-0.2, -0.15) is 0 Å². The summed E-state index contributed by atoms with van der Waals surface area (Å²) >= 11 is 0. The van der Waals surface area contributed by atoms with Crippen molar-refractivity contribution < 1.29 is 9.53 Å². The summed E-state index contributed by atoms with van der Waals surface area (Å²) in [5, 5.41) is 0. The molecule has 3 nitrogen and oxygen atoms in total. The average molecular weight is 205 g/mol. The van der Waals surface area contributed by atoms with Gasteiger partial charge < -0.3 is 9.64 Å². The van der Waals surface area contributed by atoms with Crippen LogP contribution in [0, 0.1) is 0 Å². The smallest absolute Gasteiger partial charge is 0.410 e. The number of carbonyl (C=O) groups excluding carboxylic acids is 1. The number of hydrogen-bond acceptors (Lipinski definition) is 2. The van der Waals surface area contributed by atoms with E-state index in [-0.39, 0.29) is 6.09 Å². The van der Waals surface area contributed by atoms with Crippen LogP contribution in [0.15, 0.2) is 30.3 Å². The second kappa shape index (κ2) is 4.34. The minimum Gasteiger partial charge on any atom is -0.445 e. The van der Waals surface area contributed by atoms with E-state index in [0.29, 0.717) is 12.6 Å². The molecule has 1 atom stereocenters. The minimum absolute atomic E-state index is 0.189. The van der Waals surface area contributed by atoms with Gasteiger partial charge in [0, 0.05) is 6.54 Å². The zero-order valence-corrected chi connectivity index (χ0v) is 8.85. The molecule has 1 aromatic rings. The lowest BCUT2D eigenvalue weighted by molar-refractivity contribution is 0.122. The Morgan fingerprint density at radius 1 is 1.47 bits per heavy atom. The van der Waals surface area contributed by atoms with E-state index in [9.17, 15) is 4.79 Å². The SMILES string of the molecule is CCC1CN1C(=O)OCc1ccccc1. The number of benzene rings is 1. The maximum atomic E-state index is 11.5. The molecule has 1 amide bonds. The summed E-state index contributed by atoms with van der Waals surface area (Å²) in [5.41, 5.74) is 1.03.